The van der Waals surface area contributed by atoms with Crippen LogP contribution in [0.3, 0.4) is 0 Å². The van der Waals surface area contributed by atoms with Crippen molar-refractivity contribution in [1.29, 1.82) is 0 Å². The second-order valence-corrected chi connectivity index (χ2v) is 7.32. The SMILES string of the molecule is O=C(O)C[S+]([O-])C1=C(C(=O)O)N2C(=O)C(COS(=O)(=O)O)C2C1. The summed E-state index contributed by atoms with van der Waals surface area (Å²) in [5.41, 5.74) is -0.553. The molecule has 2 heterocycles. The molecule has 0 aromatic heterocycles. The maximum atomic E-state index is 11.9. The summed E-state index contributed by atoms with van der Waals surface area (Å²) in [6, 6.07) is -0.803. The molecule has 13 heteroatoms. The van der Waals surface area contributed by atoms with E-state index >= 15 is 0 Å². The Bertz CT molecular complexity index is 698. The molecule has 3 N–H and O–H groups in total. The number of hydrogen-bond acceptors (Lipinski definition) is 7. The minimum atomic E-state index is -4.76. The highest BCUT2D eigenvalue weighted by atomic mass is 32.3. The average Bonchev–Trinajstić information content (AvgIpc) is 2.72. The Labute approximate surface area is 132 Å². The van der Waals surface area contributed by atoms with Gasteiger partial charge in [0.1, 0.15) is 0 Å². The van der Waals surface area contributed by atoms with Gasteiger partial charge >= 0.3 is 22.3 Å². The molecule has 3 unspecified atom stereocenters. The van der Waals surface area contributed by atoms with Crippen molar-refractivity contribution in [2.24, 2.45) is 5.92 Å². The van der Waals surface area contributed by atoms with Gasteiger partial charge in [0, 0.05) is 6.42 Å². The molecule has 3 atom stereocenters. The number of nitrogens with zero attached hydrogens (tertiary/aromatic N) is 1. The maximum absolute atomic E-state index is 11.9. The minimum absolute atomic E-state index is 0.174. The number of carbonyl (C=O) groups is 3. The molecule has 1 fully saturated rings. The predicted molar refractivity (Wildman–Crippen MR) is 71.5 cm³/mol. The fourth-order valence-electron chi connectivity index (χ4n) is 2.50. The highest BCUT2D eigenvalue weighted by molar-refractivity contribution is 7.95. The minimum Gasteiger partial charge on any atom is -0.611 e. The van der Waals surface area contributed by atoms with Crippen LogP contribution < -0.4 is 0 Å². The standard InChI is InChI=1S/C10H11NO10S2/c12-7(13)3-22(17)6-1-5-4(2-21-23(18,19)20)9(14)11(5)8(6)10(15)16/h4-5H,1-3H2,(H,12,13)(H,15,16)(H,18,19,20). The van der Waals surface area contributed by atoms with Crippen molar-refractivity contribution in [2.45, 2.75) is 12.5 Å². The van der Waals surface area contributed by atoms with E-state index in [4.69, 9.17) is 14.8 Å². The van der Waals surface area contributed by atoms with Gasteiger partial charge in [-0.25, -0.2) is 13.8 Å². The lowest BCUT2D eigenvalue weighted by Gasteiger charge is -2.42. The molecule has 1 saturated heterocycles. The molecule has 0 aliphatic carbocycles. The third kappa shape index (κ3) is 3.48. The van der Waals surface area contributed by atoms with Crippen LogP contribution >= 0.6 is 0 Å². The summed E-state index contributed by atoms with van der Waals surface area (Å²) in [6.07, 6.45) is -0.174. The van der Waals surface area contributed by atoms with Gasteiger partial charge in [-0.2, -0.15) is 8.42 Å². The van der Waals surface area contributed by atoms with Crippen molar-refractivity contribution < 1.29 is 46.3 Å². The fraction of sp³-hybridized carbons (Fsp3) is 0.500. The lowest BCUT2D eigenvalue weighted by Crippen LogP contribution is -2.60. The lowest BCUT2D eigenvalue weighted by atomic mass is 9.88. The molecule has 0 aromatic carbocycles. The summed E-state index contributed by atoms with van der Waals surface area (Å²) >= 11 is -2.13. The second kappa shape index (κ2) is 6.09. The Morgan fingerprint density at radius 1 is 1.39 bits per heavy atom. The summed E-state index contributed by atoms with van der Waals surface area (Å²) in [7, 11) is -4.76. The number of fused-ring (bicyclic) bond motifs is 1. The van der Waals surface area contributed by atoms with E-state index in [1.807, 2.05) is 0 Å². The monoisotopic (exact) mass is 369 g/mol. The molecule has 23 heavy (non-hydrogen) atoms. The first-order valence-electron chi connectivity index (χ1n) is 6.04. The van der Waals surface area contributed by atoms with E-state index in [0.29, 0.717) is 0 Å². The van der Waals surface area contributed by atoms with Crippen LogP contribution in [0, 0.1) is 5.92 Å². The molecule has 0 saturated carbocycles. The average molecular weight is 369 g/mol. The van der Waals surface area contributed by atoms with Crippen molar-refractivity contribution in [3.8, 4) is 0 Å². The van der Waals surface area contributed by atoms with E-state index in [1.54, 1.807) is 0 Å². The molecule has 0 bridgehead atoms. The number of carbonyl (C=O) groups excluding carboxylic acids is 1. The van der Waals surface area contributed by atoms with E-state index in [2.05, 4.69) is 4.18 Å². The van der Waals surface area contributed by atoms with Crippen LogP contribution in [0.25, 0.3) is 0 Å². The van der Waals surface area contributed by atoms with Gasteiger partial charge in [-0.05, 0) is 11.2 Å². The van der Waals surface area contributed by atoms with Crippen LogP contribution in [0.4, 0.5) is 0 Å². The number of rotatable bonds is 7. The van der Waals surface area contributed by atoms with Gasteiger partial charge < -0.3 is 14.8 Å². The van der Waals surface area contributed by atoms with Gasteiger partial charge in [-0.3, -0.25) is 14.2 Å². The van der Waals surface area contributed by atoms with Crippen molar-refractivity contribution >= 4 is 39.4 Å². The molecule has 2 rings (SSSR count). The van der Waals surface area contributed by atoms with Crippen LogP contribution in [0.5, 0.6) is 0 Å². The molecule has 2 aliphatic heterocycles. The number of β-lactam (4-membered cyclic amide) rings is 1. The third-order valence-corrected chi connectivity index (χ3v) is 5.23. The van der Waals surface area contributed by atoms with E-state index < -0.39 is 69.4 Å². The Hall–Kier alpha value is -1.67. The van der Waals surface area contributed by atoms with Crippen LogP contribution in [-0.2, 0) is 40.1 Å². The van der Waals surface area contributed by atoms with Crippen molar-refractivity contribution in [3.63, 3.8) is 0 Å². The van der Waals surface area contributed by atoms with E-state index in [0.717, 1.165) is 4.90 Å². The Balaban J connectivity index is 2.19. The highest BCUT2D eigenvalue weighted by Gasteiger charge is 2.58. The number of carboxylic acid groups (broad SMARTS) is 2. The zero-order chi connectivity index (χ0) is 17.5. The largest absolute Gasteiger partial charge is 0.611 e. The quantitative estimate of drug-likeness (QED) is 0.262. The number of aliphatic carboxylic acids is 2. The summed E-state index contributed by atoms with van der Waals surface area (Å²) in [5.74, 6) is -5.55. The summed E-state index contributed by atoms with van der Waals surface area (Å²) in [4.78, 5) is 34.4. The van der Waals surface area contributed by atoms with Crippen LogP contribution in [0.1, 0.15) is 6.42 Å². The maximum Gasteiger partial charge on any atom is 0.397 e. The predicted octanol–water partition coefficient (Wildman–Crippen LogP) is -1.83. The Kier molecular flexibility index (Phi) is 4.68. The Morgan fingerprint density at radius 2 is 2.00 bits per heavy atom. The van der Waals surface area contributed by atoms with Crippen molar-refractivity contribution in [2.75, 3.05) is 12.4 Å². The van der Waals surface area contributed by atoms with Gasteiger partial charge in [-0.15, -0.1) is 0 Å². The first-order valence-corrected chi connectivity index (χ1v) is 8.73. The van der Waals surface area contributed by atoms with Crippen LogP contribution in [-0.4, -0.2) is 68.9 Å². The van der Waals surface area contributed by atoms with E-state index in [-0.39, 0.29) is 11.3 Å². The van der Waals surface area contributed by atoms with E-state index in [9.17, 15) is 27.4 Å². The van der Waals surface area contributed by atoms with Crippen molar-refractivity contribution in [1.82, 2.24) is 4.90 Å². The molecular weight excluding hydrogens is 358 g/mol. The molecule has 2 aliphatic rings. The van der Waals surface area contributed by atoms with Gasteiger partial charge in [0.15, 0.2) is 10.6 Å². The molecule has 0 aromatic rings. The molecule has 1 amide bonds. The normalized spacial score (nSPS) is 25.1. The first-order chi connectivity index (χ1) is 10.5. The molecular formula is C10H11NO10S2. The Morgan fingerprint density at radius 3 is 2.48 bits per heavy atom. The van der Waals surface area contributed by atoms with Crippen molar-refractivity contribution in [3.05, 3.63) is 10.6 Å². The van der Waals surface area contributed by atoms with Gasteiger partial charge in [0.2, 0.25) is 11.7 Å². The van der Waals surface area contributed by atoms with Gasteiger partial charge in [0.25, 0.3) is 0 Å². The van der Waals surface area contributed by atoms with E-state index in [1.165, 1.54) is 0 Å². The topological polar surface area (TPSA) is 182 Å². The number of amides is 1. The summed E-state index contributed by atoms with van der Waals surface area (Å²) in [5, 5.41) is 17.8. The molecule has 0 spiro atoms. The fourth-order valence-corrected chi connectivity index (χ4v) is 3.97. The summed E-state index contributed by atoms with van der Waals surface area (Å²) in [6.45, 7) is -0.690. The summed E-state index contributed by atoms with van der Waals surface area (Å²) < 4.78 is 45.6. The molecule has 0 radical (unpaired) electrons. The highest BCUT2D eigenvalue weighted by Crippen LogP contribution is 2.44. The molecule has 11 nitrogen and oxygen atoms in total. The smallest absolute Gasteiger partial charge is 0.397 e. The second-order valence-electron chi connectivity index (χ2n) is 4.76. The van der Waals surface area contributed by atoms with Crippen LogP contribution in [0.15, 0.2) is 10.6 Å². The number of carboxylic acids is 2. The zero-order valence-electron chi connectivity index (χ0n) is 11.2. The van der Waals surface area contributed by atoms with Gasteiger partial charge in [0.05, 0.1) is 18.6 Å². The van der Waals surface area contributed by atoms with Crippen LogP contribution in [0.2, 0.25) is 0 Å². The lowest BCUT2D eigenvalue weighted by molar-refractivity contribution is -0.156. The first kappa shape index (κ1) is 17.7. The molecule has 128 valence electrons. The number of hydrogen-bond donors (Lipinski definition) is 3. The zero-order valence-corrected chi connectivity index (χ0v) is 12.9. The van der Waals surface area contributed by atoms with Gasteiger partial charge in [-0.1, -0.05) is 0 Å². The third-order valence-electron chi connectivity index (χ3n) is 3.38.